The van der Waals surface area contributed by atoms with E-state index in [-0.39, 0.29) is 17.7 Å². The summed E-state index contributed by atoms with van der Waals surface area (Å²) in [4.78, 5) is 0. The fourth-order valence-electron chi connectivity index (χ4n) is 5.74. The van der Waals surface area contributed by atoms with E-state index in [0.717, 1.165) is 29.7 Å². The van der Waals surface area contributed by atoms with E-state index < -0.39 is 15.4 Å². The van der Waals surface area contributed by atoms with Gasteiger partial charge >= 0.3 is 7.12 Å². The molecule has 0 saturated heterocycles. The Labute approximate surface area is 246 Å². The van der Waals surface area contributed by atoms with Crippen molar-refractivity contribution in [1.29, 1.82) is 0 Å². The van der Waals surface area contributed by atoms with Gasteiger partial charge in [0.2, 0.25) is 0 Å². The lowest BCUT2D eigenvalue weighted by atomic mass is 9.78. The van der Waals surface area contributed by atoms with E-state index in [4.69, 9.17) is 13.5 Å². The summed E-state index contributed by atoms with van der Waals surface area (Å²) in [7, 11) is -3.55. The predicted molar refractivity (Wildman–Crippen MR) is 171 cm³/mol. The molecular weight excluding hydrogens is 527 g/mol. The first kappa shape index (κ1) is 31.0. The van der Waals surface area contributed by atoms with Gasteiger partial charge in [0.1, 0.15) is 18.1 Å². The Balaban J connectivity index is 1.56. The van der Waals surface area contributed by atoms with Crippen molar-refractivity contribution in [2.75, 3.05) is 6.61 Å². The number of aliphatic hydroxyl groups excluding tert-OH is 1. The number of hydrogen-bond donors (Lipinski definition) is 2. The number of furan rings is 1. The Kier molecular flexibility index (Phi) is 10.4. The second-order valence-corrected chi connectivity index (χ2v) is 16.0. The van der Waals surface area contributed by atoms with Gasteiger partial charge in [-0.1, -0.05) is 107 Å². The van der Waals surface area contributed by atoms with Gasteiger partial charge in [0.25, 0.3) is 8.32 Å². The number of allylic oxidation sites excluding steroid dienone is 2. The number of benzene rings is 2. The lowest BCUT2D eigenvalue weighted by molar-refractivity contribution is 0.181. The average Bonchev–Trinajstić information content (AvgIpc) is 3.43. The van der Waals surface area contributed by atoms with Crippen LogP contribution in [0, 0.1) is 0 Å². The molecule has 4 rings (SSSR count). The Morgan fingerprint density at radius 3 is 2.22 bits per heavy atom. The quantitative estimate of drug-likeness (QED) is 0.251. The maximum absolute atomic E-state index is 10.4. The van der Waals surface area contributed by atoms with Crippen molar-refractivity contribution >= 4 is 31.9 Å². The molecule has 1 unspecified atom stereocenters. The molecule has 0 bridgehead atoms. The van der Waals surface area contributed by atoms with Crippen molar-refractivity contribution in [3.8, 4) is 0 Å². The monoisotopic (exact) mass is 570 g/mol. The molecule has 0 radical (unpaired) electrons. The number of rotatable bonds is 12. The molecule has 0 spiro atoms. The third-order valence-electron chi connectivity index (χ3n) is 7.86. The number of hydrogen-bond acceptors (Lipinski definition) is 5. The first-order valence-electron chi connectivity index (χ1n) is 14.5. The van der Waals surface area contributed by atoms with Crippen LogP contribution in [0.1, 0.15) is 58.5 Å². The fraction of sp³-hybridized carbons (Fsp3) is 0.353. The van der Waals surface area contributed by atoms with E-state index in [0.29, 0.717) is 25.1 Å². The van der Waals surface area contributed by atoms with Crippen LogP contribution in [0.15, 0.2) is 107 Å². The maximum Gasteiger partial charge on any atom is 0.458 e. The molecule has 1 aliphatic rings. The van der Waals surface area contributed by atoms with E-state index in [1.807, 2.05) is 24.3 Å². The highest BCUT2D eigenvalue weighted by Gasteiger charge is 2.50. The van der Waals surface area contributed by atoms with Gasteiger partial charge in [-0.15, -0.1) is 0 Å². The van der Waals surface area contributed by atoms with E-state index in [1.54, 1.807) is 6.07 Å². The lowest BCUT2D eigenvalue weighted by Crippen LogP contribution is -2.66. The summed E-state index contributed by atoms with van der Waals surface area (Å²) >= 11 is 0. The summed E-state index contributed by atoms with van der Waals surface area (Å²) in [5.41, 5.74) is 3.10. The SMILES string of the molecule is C=C(CO[Si](c1ccccc1)(c1ccccc1)C(C)(C)C)C1=CCB(O)OC1CC/C(=C/c1ccc(CO)o1)CC. The average molecular weight is 571 g/mol. The standard InChI is InChI=1S/C34H43BO5Si/c1-6-27(23-28-18-19-29(24-36)39-28)17-20-33-32(21-22-35(37)40-33)26(2)25-38-41(34(3,4)5,30-13-9-7-10-14-30)31-15-11-8-12-16-31/h7-16,18-19,21,23,33,36-37H,2,6,17,20,22,24-25H2,1,3-5H3/b27-23+. The molecular formula is C34H43BO5Si. The zero-order valence-corrected chi connectivity index (χ0v) is 25.8. The molecule has 1 atom stereocenters. The third-order valence-corrected chi connectivity index (χ3v) is 12.8. The summed E-state index contributed by atoms with van der Waals surface area (Å²) in [6.45, 7) is 13.7. The molecule has 3 aromatic rings. The van der Waals surface area contributed by atoms with Crippen LogP contribution in [0.4, 0.5) is 0 Å². The van der Waals surface area contributed by atoms with Gasteiger partial charge in [0, 0.05) is 6.32 Å². The van der Waals surface area contributed by atoms with Gasteiger partial charge in [0.05, 0.1) is 12.7 Å². The van der Waals surface area contributed by atoms with Crippen molar-refractivity contribution in [2.45, 2.75) is 71.0 Å². The van der Waals surface area contributed by atoms with Gasteiger partial charge < -0.3 is 23.6 Å². The zero-order chi connectivity index (χ0) is 29.5. The summed E-state index contributed by atoms with van der Waals surface area (Å²) in [5.74, 6) is 1.28. The van der Waals surface area contributed by atoms with E-state index in [1.165, 1.54) is 15.9 Å². The highest BCUT2D eigenvalue weighted by molar-refractivity contribution is 6.99. The van der Waals surface area contributed by atoms with Crippen LogP contribution in [0.2, 0.25) is 11.4 Å². The molecule has 0 amide bonds. The summed E-state index contributed by atoms with van der Waals surface area (Å²) < 4.78 is 18.8. The van der Waals surface area contributed by atoms with E-state index in [2.05, 4.69) is 88.9 Å². The molecule has 2 heterocycles. The topological polar surface area (TPSA) is 72.1 Å². The first-order chi connectivity index (χ1) is 19.7. The highest BCUT2D eigenvalue weighted by Crippen LogP contribution is 2.38. The van der Waals surface area contributed by atoms with Gasteiger partial charge in [-0.05, 0) is 64.0 Å². The molecule has 7 heteroatoms. The van der Waals surface area contributed by atoms with E-state index in [9.17, 15) is 10.1 Å². The van der Waals surface area contributed by atoms with Crippen LogP contribution in [-0.2, 0) is 15.7 Å². The molecule has 41 heavy (non-hydrogen) atoms. The molecule has 216 valence electrons. The molecule has 0 aliphatic carbocycles. The minimum Gasteiger partial charge on any atom is -0.459 e. The second kappa shape index (κ2) is 13.8. The van der Waals surface area contributed by atoms with Crippen LogP contribution in [0.5, 0.6) is 0 Å². The van der Waals surface area contributed by atoms with Crippen LogP contribution in [0.25, 0.3) is 6.08 Å². The zero-order valence-electron chi connectivity index (χ0n) is 24.8. The molecule has 2 N–H and O–H groups in total. The van der Waals surface area contributed by atoms with Crippen molar-refractivity contribution in [2.24, 2.45) is 0 Å². The molecule has 1 aliphatic heterocycles. The molecule has 1 aromatic heterocycles. The second-order valence-electron chi connectivity index (χ2n) is 11.7. The lowest BCUT2D eigenvalue weighted by Gasteiger charge is -2.43. The van der Waals surface area contributed by atoms with Crippen molar-refractivity contribution < 1.29 is 23.6 Å². The Morgan fingerprint density at radius 2 is 1.68 bits per heavy atom. The fourth-order valence-corrected chi connectivity index (χ4v) is 10.3. The minimum atomic E-state index is -2.71. The molecule has 0 saturated carbocycles. The Hall–Kier alpha value is -2.94. The molecule has 2 aromatic carbocycles. The Morgan fingerprint density at radius 1 is 1.05 bits per heavy atom. The normalized spacial score (nSPS) is 16.5. The van der Waals surface area contributed by atoms with Crippen LogP contribution in [0.3, 0.4) is 0 Å². The van der Waals surface area contributed by atoms with Crippen molar-refractivity contribution in [3.63, 3.8) is 0 Å². The first-order valence-corrected chi connectivity index (χ1v) is 16.4. The van der Waals surface area contributed by atoms with Crippen LogP contribution < -0.4 is 10.4 Å². The van der Waals surface area contributed by atoms with Crippen molar-refractivity contribution in [1.82, 2.24) is 0 Å². The van der Waals surface area contributed by atoms with Crippen LogP contribution in [-0.4, -0.2) is 38.3 Å². The summed E-state index contributed by atoms with van der Waals surface area (Å²) in [6.07, 6.45) is 6.58. The van der Waals surface area contributed by atoms with Crippen LogP contribution >= 0.6 is 0 Å². The highest BCUT2D eigenvalue weighted by atomic mass is 28.4. The summed E-state index contributed by atoms with van der Waals surface area (Å²) in [5, 5.41) is 22.0. The molecule has 0 fully saturated rings. The van der Waals surface area contributed by atoms with Crippen molar-refractivity contribution in [3.05, 3.63) is 114 Å². The van der Waals surface area contributed by atoms with Gasteiger partial charge in [0.15, 0.2) is 0 Å². The maximum atomic E-state index is 10.4. The summed E-state index contributed by atoms with van der Waals surface area (Å²) in [6, 6.07) is 24.9. The van der Waals surface area contributed by atoms with E-state index >= 15 is 0 Å². The third kappa shape index (κ3) is 7.29. The number of aliphatic hydroxyl groups is 1. The minimum absolute atomic E-state index is 0.116. The van der Waals surface area contributed by atoms with Gasteiger partial charge in [-0.2, -0.15) is 0 Å². The van der Waals surface area contributed by atoms with Gasteiger partial charge in [-0.25, -0.2) is 0 Å². The van der Waals surface area contributed by atoms with Gasteiger partial charge in [-0.3, -0.25) is 0 Å². The molecule has 5 nitrogen and oxygen atoms in total. The largest absolute Gasteiger partial charge is 0.459 e. The Bertz CT molecular complexity index is 1300. The predicted octanol–water partition coefficient (Wildman–Crippen LogP) is 6.28. The smallest absolute Gasteiger partial charge is 0.458 e.